The Hall–Kier alpha value is -0.760. The molecule has 2 heteroatoms. The summed E-state index contributed by atoms with van der Waals surface area (Å²) in [5, 5.41) is 3.49. The molecule has 15 heavy (non-hydrogen) atoms. The minimum Gasteiger partial charge on any atom is -0.386 e. The van der Waals surface area contributed by atoms with E-state index in [0.717, 1.165) is 12.8 Å². The van der Waals surface area contributed by atoms with E-state index in [9.17, 15) is 0 Å². The summed E-state index contributed by atoms with van der Waals surface area (Å²) in [4.78, 5) is 0. The van der Waals surface area contributed by atoms with Crippen molar-refractivity contribution in [1.29, 1.82) is 0 Å². The first-order chi connectivity index (χ1) is 7.15. The Kier molecular flexibility index (Phi) is 3.15. The van der Waals surface area contributed by atoms with Crippen molar-refractivity contribution in [3.8, 4) is 0 Å². The van der Waals surface area contributed by atoms with Gasteiger partial charge in [-0.1, -0.05) is 22.0 Å². The van der Waals surface area contributed by atoms with E-state index in [-0.39, 0.29) is 0 Å². The molecule has 0 radical (unpaired) electrons. The van der Waals surface area contributed by atoms with Gasteiger partial charge in [-0.3, -0.25) is 0 Å². The number of halogens is 1. The van der Waals surface area contributed by atoms with Gasteiger partial charge in [-0.25, -0.2) is 0 Å². The predicted molar refractivity (Wildman–Crippen MR) is 68.7 cm³/mol. The van der Waals surface area contributed by atoms with Gasteiger partial charge in [0, 0.05) is 16.2 Å². The molecule has 0 atom stereocenters. The first-order valence-corrected chi connectivity index (χ1v) is 6.20. The van der Waals surface area contributed by atoms with Gasteiger partial charge in [-0.2, -0.15) is 0 Å². The second-order valence-corrected chi connectivity index (χ2v) is 5.23. The van der Waals surface area contributed by atoms with Gasteiger partial charge in [0.25, 0.3) is 0 Å². The normalized spacial score (nSPS) is 14.8. The Morgan fingerprint density at radius 3 is 2.80 bits per heavy atom. The van der Waals surface area contributed by atoms with Crippen LogP contribution in [-0.2, 0) is 6.42 Å². The highest BCUT2D eigenvalue weighted by Gasteiger charge is 2.10. The van der Waals surface area contributed by atoms with Crippen molar-refractivity contribution in [3.05, 3.63) is 39.5 Å². The summed E-state index contributed by atoms with van der Waals surface area (Å²) >= 11 is 3.51. The Morgan fingerprint density at radius 1 is 1.27 bits per heavy atom. The molecule has 1 aromatic rings. The summed E-state index contributed by atoms with van der Waals surface area (Å²) in [6.45, 7) is 4.36. The van der Waals surface area contributed by atoms with E-state index in [2.05, 4.69) is 59.4 Å². The Bertz CT molecular complexity index is 394. The molecule has 1 aliphatic rings. The zero-order valence-electron chi connectivity index (χ0n) is 9.18. The molecular weight excluding hydrogens is 250 g/mol. The molecule has 0 heterocycles. The molecule has 0 bridgehead atoms. The Morgan fingerprint density at radius 2 is 2.07 bits per heavy atom. The third-order valence-corrected chi connectivity index (χ3v) is 3.07. The largest absolute Gasteiger partial charge is 0.386 e. The van der Waals surface area contributed by atoms with E-state index in [1.807, 2.05) is 0 Å². The van der Waals surface area contributed by atoms with Crippen LogP contribution in [0.15, 0.2) is 28.4 Å². The third kappa shape index (κ3) is 2.63. The molecule has 0 aliphatic heterocycles. The summed E-state index contributed by atoms with van der Waals surface area (Å²) in [6, 6.07) is 7.03. The molecule has 1 aromatic carbocycles. The molecule has 0 unspecified atom stereocenters. The lowest BCUT2D eigenvalue weighted by molar-refractivity contribution is 0.641. The van der Waals surface area contributed by atoms with Crippen molar-refractivity contribution in [3.63, 3.8) is 0 Å². The molecule has 2 rings (SSSR count). The maximum atomic E-state index is 3.51. The summed E-state index contributed by atoms with van der Waals surface area (Å²) < 4.78 is 1.18. The molecule has 80 valence electrons. The van der Waals surface area contributed by atoms with Crippen LogP contribution in [0.5, 0.6) is 0 Å². The van der Waals surface area contributed by atoms with Gasteiger partial charge >= 0.3 is 0 Å². The predicted octanol–water partition coefficient (Wildman–Crippen LogP) is 3.73. The maximum Gasteiger partial charge on any atom is 0.0201 e. The number of nitrogens with one attached hydrogen (secondary N) is 1. The van der Waals surface area contributed by atoms with Crippen LogP contribution in [0.1, 0.15) is 31.4 Å². The number of aryl methyl sites for hydroxylation is 1. The van der Waals surface area contributed by atoms with Crippen molar-refractivity contribution in [2.45, 2.75) is 32.7 Å². The zero-order valence-corrected chi connectivity index (χ0v) is 10.8. The Labute approximate surface area is 99.7 Å². The third-order valence-electron chi connectivity index (χ3n) is 2.57. The average Bonchev–Trinajstić information content (AvgIpc) is 2.17. The fourth-order valence-corrected chi connectivity index (χ4v) is 2.35. The lowest BCUT2D eigenvalue weighted by Gasteiger charge is -2.20. The molecule has 0 amide bonds. The highest BCUT2D eigenvalue weighted by Crippen LogP contribution is 2.25. The van der Waals surface area contributed by atoms with Gasteiger partial charge in [0.2, 0.25) is 0 Å². The van der Waals surface area contributed by atoms with Gasteiger partial charge in [0.1, 0.15) is 0 Å². The number of benzene rings is 1. The highest BCUT2D eigenvalue weighted by atomic mass is 79.9. The van der Waals surface area contributed by atoms with Crippen LogP contribution in [0.4, 0.5) is 0 Å². The first-order valence-electron chi connectivity index (χ1n) is 5.40. The molecule has 1 aliphatic carbocycles. The van der Waals surface area contributed by atoms with Crippen molar-refractivity contribution in [1.82, 2.24) is 5.32 Å². The van der Waals surface area contributed by atoms with Gasteiger partial charge < -0.3 is 5.32 Å². The van der Waals surface area contributed by atoms with Crippen LogP contribution in [0.25, 0.3) is 6.08 Å². The molecule has 1 N–H and O–H groups in total. The molecule has 0 saturated heterocycles. The van der Waals surface area contributed by atoms with E-state index < -0.39 is 0 Å². The van der Waals surface area contributed by atoms with E-state index >= 15 is 0 Å². The smallest absolute Gasteiger partial charge is 0.0201 e. The van der Waals surface area contributed by atoms with Crippen molar-refractivity contribution in [2.75, 3.05) is 0 Å². The fourth-order valence-electron chi connectivity index (χ4n) is 1.95. The van der Waals surface area contributed by atoms with E-state index in [0.29, 0.717) is 6.04 Å². The van der Waals surface area contributed by atoms with Crippen LogP contribution >= 0.6 is 15.9 Å². The SMILES string of the molecule is CC(C)NC1=Cc2ccc(Br)cc2CC1. The summed E-state index contributed by atoms with van der Waals surface area (Å²) in [5.41, 5.74) is 4.16. The van der Waals surface area contributed by atoms with Crippen LogP contribution in [0, 0.1) is 0 Å². The average molecular weight is 266 g/mol. The standard InChI is InChI=1S/C13H16BrN/c1-9(2)15-13-6-4-10-7-12(14)5-3-11(10)8-13/h3,5,7-9,15H,4,6H2,1-2H3. The molecular formula is C13H16BrN. The molecule has 1 nitrogen and oxygen atoms in total. The van der Waals surface area contributed by atoms with Gasteiger partial charge in [0.15, 0.2) is 0 Å². The highest BCUT2D eigenvalue weighted by molar-refractivity contribution is 9.10. The Balaban J connectivity index is 2.25. The number of hydrogen-bond acceptors (Lipinski definition) is 1. The maximum absolute atomic E-state index is 3.51. The van der Waals surface area contributed by atoms with E-state index in [1.54, 1.807) is 0 Å². The van der Waals surface area contributed by atoms with Gasteiger partial charge in [0.05, 0.1) is 0 Å². The second-order valence-electron chi connectivity index (χ2n) is 4.31. The number of hydrogen-bond donors (Lipinski definition) is 1. The summed E-state index contributed by atoms with van der Waals surface area (Å²) in [7, 11) is 0. The lowest BCUT2D eigenvalue weighted by atomic mass is 9.95. The lowest BCUT2D eigenvalue weighted by Crippen LogP contribution is -2.23. The van der Waals surface area contributed by atoms with Crippen LogP contribution in [0.3, 0.4) is 0 Å². The number of fused-ring (bicyclic) bond motifs is 1. The van der Waals surface area contributed by atoms with Gasteiger partial charge in [-0.05, 0) is 56.0 Å². The van der Waals surface area contributed by atoms with Crippen molar-refractivity contribution in [2.24, 2.45) is 0 Å². The van der Waals surface area contributed by atoms with Gasteiger partial charge in [-0.15, -0.1) is 0 Å². The van der Waals surface area contributed by atoms with Crippen molar-refractivity contribution >= 4 is 22.0 Å². The minimum atomic E-state index is 0.522. The fraction of sp³-hybridized carbons (Fsp3) is 0.385. The molecule has 0 saturated carbocycles. The van der Waals surface area contributed by atoms with E-state index in [1.165, 1.54) is 21.3 Å². The van der Waals surface area contributed by atoms with Crippen molar-refractivity contribution < 1.29 is 0 Å². The van der Waals surface area contributed by atoms with Crippen LogP contribution in [0.2, 0.25) is 0 Å². The zero-order chi connectivity index (χ0) is 10.8. The molecule has 0 spiro atoms. The number of allylic oxidation sites excluding steroid dienone is 1. The molecule has 0 fully saturated rings. The molecule has 0 aromatic heterocycles. The summed E-state index contributed by atoms with van der Waals surface area (Å²) in [5.74, 6) is 0. The topological polar surface area (TPSA) is 12.0 Å². The van der Waals surface area contributed by atoms with Crippen LogP contribution < -0.4 is 5.32 Å². The monoisotopic (exact) mass is 265 g/mol. The number of rotatable bonds is 2. The summed E-state index contributed by atoms with van der Waals surface area (Å²) in [6.07, 6.45) is 4.53. The first kappa shape index (κ1) is 10.7. The second kappa shape index (κ2) is 4.40. The van der Waals surface area contributed by atoms with E-state index in [4.69, 9.17) is 0 Å². The minimum absolute atomic E-state index is 0.522. The quantitative estimate of drug-likeness (QED) is 0.860. The van der Waals surface area contributed by atoms with Crippen LogP contribution in [-0.4, -0.2) is 6.04 Å².